The van der Waals surface area contributed by atoms with Crippen molar-refractivity contribution in [1.29, 1.82) is 0 Å². The SMILES string of the molecule is Cc1ccc(-n2cc(N)c(-c3ccsc3)n2)c(C)c1. The van der Waals surface area contributed by atoms with Crippen molar-refractivity contribution in [2.24, 2.45) is 0 Å². The highest BCUT2D eigenvalue weighted by atomic mass is 32.1. The number of aryl methyl sites for hydroxylation is 2. The van der Waals surface area contributed by atoms with Gasteiger partial charge in [-0.1, -0.05) is 17.7 Å². The van der Waals surface area contributed by atoms with Gasteiger partial charge in [0.15, 0.2) is 0 Å². The van der Waals surface area contributed by atoms with E-state index in [1.54, 1.807) is 11.3 Å². The lowest BCUT2D eigenvalue weighted by Gasteiger charge is -2.06. The van der Waals surface area contributed by atoms with Crippen LogP contribution >= 0.6 is 11.3 Å². The molecule has 0 spiro atoms. The molecule has 3 rings (SSSR count). The van der Waals surface area contributed by atoms with Crippen LogP contribution in [0.3, 0.4) is 0 Å². The van der Waals surface area contributed by atoms with Crippen LogP contribution in [0.25, 0.3) is 16.9 Å². The number of anilines is 1. The van der Waals surface area contributed by atoms with Crippen molar-refractivity contribution >= 4 is 17.0 Å². The summed E-state index contributed by atoms with van der Waals surface area (Å²) in [6.45, 7) is 4.18. The van der Waals surface area contributed by atoms with E-state index in [0.717, 1.165) is 16.9 Å². The number of aromatic nitrogens is 2. The first-order valence-corrected chi connectivity index (χ1v) is 7.05. The fourth-order valence-electron chi connectivity index (χ4n) is 2.20. The topological polar surface area (TPSA) is 43.8 Å². The van der Waals surface area contributed by atoms with Gasteiger partial charge in [0, 0.05) is 10.9 Å². The molecule has 96 valence electrons. The van der Waals surface area contributed by atoms with Crippen LogP contribution in [0.4, 0.5) is 5.69 Å². The third-order valence-electron chi connectivity index (χ3n) is 3.14. The van der Waals surface area contributed by atoms with Crippen LogP contribution in [0, 0.1) is 13.8 Å². The second kappa shape index (κ2) is 4.55. The zero-order valence-corrected chi connectivity index (χ0v) is 11.7. The summed E-state index contributed by atoms with van der Waals surface area (Å²) < 4.78 is 1.86. The van der Waals surface area contributed by atoms with E-state index in [2.05, 4.69) is 42.5 Å². The molecule has 19 heavy (non-hydrogen) atoms. The molecule has 0 unspecified atom stereocenters. The summed E-state index contributed by atoms with van der Waals surface area (Å²) >= 11 is 1.65. The van der Waals surface area contributed by atoms with Crippen molar-refractivity contribution in [2.45, 2.75) is 13.8 Å². The Labute approximate surface area is 116 Å². The summed E-state index contributed by atoms with van der Waals surface area (Å²) in [7, 11) is 0. The quantitative estimate of drug-likeness (QED) is 0.769. The fraction of sp³-hybridized carbons (Fsp3) is 0.133. The molecule has 2 heterocycles. The van der Waals surface area contributed by atoms with Crippen LogP contribution in [0.15, 0.2) is 41.2 Å². The molecule has 3 aromatic rings. The van der Waals surface area contributed by atoms with Gasteiger partial charge >= 0.3 is 0 Å². The predicted molar refractivity (Wildman–Crippen MR) is 80.8 cm³/mol. The third kappa shape index (κ3) is 2.15. The van der Waals surface area contributed by atoms with E-state index in [0.29, 0.717) is 5.69 Å². The normalized spacial score (nSPS) is 10.8. The zero-order chi connectivity index (χ0) is 13.4. The first-order chi connectivity index (χ1) is 9.15. The number of hydrogen-bond donors (Lipinski definition) is 1. The Morgan fingerprint density at radius 1 is 1.21 bits per heavy atom. The summed E-state index contributed by atoms with van der Waals surface area (Å²) in [5, 5.41) is 8.70. The number of nitrogens with zero attached hydrogens (tertiary/aromatic N) is 2. The molecule has 0 radical (unpaired) electrons. The van der Waals surface area contributed by atoms with Crippen molar-refractivity contribution in [1.82, 2.24) is 9.78 Å². The smallest absolute Gasteiger partial charge is 0.116 e. The van der Waals surface area contributed by atoms with E-state index in [4.69, 9.17) is 5.73 Å². The maximum absolute atomic E-state index is 6.07. The summed E-state index contributed by atoms with van der Waals surface area (Å²) in [6, 6.07) is 8.35. The lowest BCUT2D eigenvalue weighted by Crippen LogP contribution is -1.98. The summed E-state index contributed by atoms with van der Waals surface area (Å²) in [5.74, 6) is 0. The zero-order valence-electron chi connectivity index (χ0n) is 10.9. The molecule has 0 atom stereocenters. The van der Waals surface area contributed by atoms with Gasteiger partial charge in [0.25, 0.3) is 0 Å². The van der Waals surface area contributed by atoms with E-state index < -0.39 is 0 Å². The van der Waals surface area contributed by atoms with E-state index in [-0.39, 0.29) is 0 Å². The molecule has 0 fully saturated rings. The van der Waals surface area contributed by atoms with E-state index in [1.165, 1.54) is 11.1 Å². The second-order valence-electron chi connectivity index (χ2n) is 4.68. The van der Waals surface area contributed by atoms with Gasteiger partial charge in [-0.05, 0) is 36.9 Å². The fourth-order valence-corrected chi connectivity index (χ4v) is 2.84. The number of benzene rings is 1. The first-order valence-electron chi connectivity index (χ1n) is 6.10. The Bertz CT molecular complexity index is 711. The van der Waals surface area contributed by atoms with Gasteiger partial charge in [0.1, 0.15) is 5.69 Å². The van der Waals surface area contributed by atoms with Gasteiger partial charge in [-0.25, -0.2) is 4.68 Å². The van der Waals surface area contributed by atoms with Crippen LogP contribution in [-0.4, -0.2) is 9.78 Å². The highest BCUT2D eigenvalue weighted by Crippen LogP contribution is 2.27. The number of nitrogen functional groups attached to an aromatic ring is 1. The Morgan fingerprint density at radius 3 is 2.74 bits per heavy atom. The molecule has 1 aromatic carbocycles. The largest absolute Gasteiger partial charge is 0.396 e. The Balaban J connectivity index is 2.10. The van der Waals surface area contributed by atoms with Crippen molar-refractivity contribution in [2.75, 3.05) is 5.73 Å². The molecule has 2 aromatic heterocycles. The van der Waals surface area contributed by atoms with Gasteiger partial charge in [-0.3, -0.25) is 0 Å². The van der Waals surface area contributed by atoms with Crippen LogP contribution in [0.1, 0.15) is 11.1 Å². The van der Waals surface area contributed by atoms with Gasteiger partial charge < -0.3 is 5.73 Å². The van der Waals surface area contributed by atoms with Crippen molar-refractivity contribution < 1.29 is 0 Å². The Morgan fingerprint density at radius 2 is 2.05 bits per heavy atom. The Hall–Kier alpha value is -2.07. The molecule has 0 aliphatic carbocycles. The molecule has 4 heteroatoms. The molecule has 0 saturated heterocycles. The van der Waals surface area contributed by atoms with Crippen LogP contribution in [-0.2, 0) is 0 Å². The third-order valence-corrected chi connectivity index (χ3v) is 3.82. The van der Waals surface area contributed by atoms with E-state index in [9.17, 15) is 0 Å². The average molecular weight is 269 g/mol. The van der Waals surface area contributed by atoms with E-state index >= 15 is 0 Å². The van der Waals surface area contributed by atoms with Crippen LogP contribution in [0.5, 0.6) is 0 Å². The van der Waals surface area contributed by atoms with Gasteiger partial charge in [-0.2, -0.15) is 16.4 Å². The lowest BCUT2D eigenvalue weighted by molar-refractivity contribution is 0.876. The van der Waals surface area contributed by atoms with Crippen LogP contribution < -0.4 is 5.73 Å². The monoisotopic (exact) mass is 269 g/mol. The average Bonchev–Trinajstić information content (AvgIpc) is 2.98. The van der Waals surface area contributed by atoms with Gasteiger partial charge in [-0.15, -0.1) is 0 Å². The van der Waals surface area contributed by atoms with Gasteiger partial charge in [0.05, 0.1) is 17.6 Å². The summed E-state index contributed by atoms with van der Waals surface area (Å²) in [4.78, 5) is 0. The predicted octanol–water partition coefficient (Wildman–Crippen LogP) is 3.80. The highest BCUT2D eigenvalue weighted by Gasteiger charge is 2.11. The molecule has 0 bridgehead atoms. The molecular formula is C15H15N3S. The second-order valence-corrected chi connectivity index (χ2v) is 5.46. The summed E-state index contributed by atoms with van der Waals surface area (Å²) in [5.41, 5.74) is 12.2. The maximum atomic E-state index is 6.07. The lowest BCUT2D eigenvalue weighted by atomic mass is 10.1. The van der Waals surface area contributed by atoms with E-state index in [1.807, 2.05) is 22.3 Å². The van der Waals surface area contributed by atoms with Crippen molar-refractivity contribution in [3.05, 3.63) is 52.3 Å². The minimum Gasteiger partial charge on any atom is -0.396 e. The number of thiophene rings is 1. The first kappa shape index (κ1) is 12.0. The highest BCUT2D eigenvalue weighted by molar-refractivity contribution is 7.08. The van der Waals surface area contributed by atoms with Crippen molar-refractivity contribution in [3.63, 3.8) is 0 Å². The minimum atomic E-state index is 0.707. The molecule has 3 nitrogen and oxygen atoms in total. The standard InChI is InChI=1S/C15H15N3S/c1-10-3-4-14(11(2)7-10)18-8-13(16)15(17-18)12-5-6-19-9-12/h3-9H,16H2,1-2H3. The maximum Gasteiger partial charge on any atom is 0.116 e. The van der Waals surface area contributed by atoms with Crippen LogP contribution in [0.2, 0.25) is 0 Å². The van der Waals surface area contributed by atoms with Crippen molar-refractivity contribution in [3.8, 4) is 16.9 Å². The molecule has 0 aliphatic heterocycles. The number of rotatable bonds is 2. The Kier molecular flexibility index (Phi) is 2.87. The minimum absolute atomic E-state index is 0.707. The molecule has 0 aliphatic rings. The molecule has 0 amide bonds. The molecule has 0 saturated carbocycles. The molecular weight excluding hydrogens is 254 g/mol. The number of hydrogen-bond acceptors (Lipinski definition) is 3. The summed E-state index contributed by atoms with van der Waals surface area (Å²) in [6.07, 6.45) is 1.88. The number of nitrogens with two attached hydrogens (primary N) is 1. The van der Waals surface area contributed by atoms with Gasteiger partial charge in [0.2, 0.25) is 0 Å². The molecule has 2 N–H and O–H groups in total.